The lowest BCUT2D eigenvalue weighted by Crippen LogP contribution is -1.87. The van der Waals surface area contributed by atoms with E-state index in [1.54, 1.807) is 30.6 Å². The Morgan fingerprint density at radius 3 is 1.92 bits per heavy atom. The number of hydrogen-bond donors (Lipinski definition) is 0. The molecular weight excluding hydrogens is 188 g/mol. The minimum Gasteiger partial charge on any atom is -0.494 e. The van der Waals surface area contributed by atoms with Crippen molar-refractivity contribution in [2.75, 3.05) is 19.6 Å². The molecule has 1 nitrogen and oxygen atoms in total. The second-order valence-electron chi connectivity index (χ2n) is 2.20. The van der Waals surface area contributed by atoms with E-state index in [0.29, 0.717) is 0 Å². The van der Waals surface area contributed by atoms with E-state index in [1.165, 1.54) is 9.79 Å². The van der Waals surface area contributed by atoms with Crippen LogP contribution in [0.15, 0.2) is 28.0 Å². The molecule has 0 radical (unpaired) electrons. The van der Waals surface area contributed by atoms with Crippen molar-refractivity contribution in [3.63, 3.8) is 0 Å². The van der Waals surface area contributed by atoms with Gasteiger partial charge in [-0.05, 0) is 24.6 Å². The van der Waals surface area contributed by atoms with E-state index in [-0.39, 0.29) is 0 Å². The Kier molecular flexibility index (Phi) is 3.82. The van der Waals surface area contributed by atoms with Gasteiger partial charge in [-0.25, -0.2) is 0 Å². The molecule has 66 valence electrons. The summed E-state index contributed by atoms with van der Waals surface area (Å²) in [6.07, 6.45) is 4.12. The molecule has 0 spiro atoms. The Balaban J connectivity index is 3.13. The highest BCUT2D eigenvalue weighted by Crippen LogP contribution is 2.35. The van der Waals surface area contributed by atoms with E-state index in [1.807, 2.05) is 0 Å². The van der Waals surface area contributed by atoms with Crippen molar-refractivity contribution in [1.82, 2.24) is 0 Å². The molecule has 0 fully saturated rings. The van der Waals surface area contributed by atoms with Gasteiger partial charge in [0.1, 0.15) is 5.75 Å². The molecule has 0 unspecified atom stereocenters. The molecule has 1 rings (SSSR count). The first kappa shape index (κ1) is 9.81. The number of hydrogen-bond acceptors (Lipinski definition) is 3. The topological polar surface area (TPSA) is 9.23 Å². The van der Waals surface area contributed by atoms with Crippen LogP contribution in [0.4, 0.5) is 0 Å². The monoisotopic (exact) mass is 200 g/mol. The molecule has 0 amide bonds. The average Bonchev–Trinajstić information content (AvgIpc) is 2.16. The zero-order valence-corrected chi connectivity index (χ0v) is 9.09. The summed E-state index contributed by atoms with van der Waals surface area (Å²) in [5.74, 6) is 0.998. The molecule has 0 aromatic heterocycles. The van der Waals surface area contributed by atoms with Crippen LogP contribution in [0.3, 0.4) is 0 Å². The Morgan fingerprint density at radius 1 is 1.08 bits per heavy atom. The van der Waals surface area contributed by atoms with E-state index in [4.69, 9.17) is 4.74 Å². The predicted molar refractivity (Wildman–Crippen MR) is 56.6 cm³/mol. The van der Waals surface area contributed by atoms with E-state index >= 15 is 0 Å². The lowest BCUT2D eigenvalue weighted by molar-refractivity contribution is 0.394. The lowest BCUT2D eigenvalue weighted by Gasteiger charge is -2.09. The molecule has 0 heterocycles. The van der Waals surface area contributed by atoms with Gasteiger partial charge in [0, 0.05) is 0 Å². The molecule has 0 bridgehead atoms. The Morgan fingerprint density at radius 2 is 1.58 bits per heavy atom. The molecule has 0 aliphatic carbocycles. The Labute approximate surface area is 81.9 Å². The fourth-order valence-electron chi connectivity index (χ4n) is 1.02. The first-order chi connectivity index (χ1) is 5.83. The minimum atomic E-state index is 0.998. The fourth-order valence-corrected chi connectivity index (χ4v) is 2.27. The second-order valence-corrected chi connectivity index (χ2v) is 3.89. The van der Waals surface area contributed by atoms with Gasteiger partial charge in [-0.3, -0.25) is 0 Å². The van der Waals surface area contributed by atoms with Crippen LogP contribution in [0.25, 0.3) is 0 Å². The van der Waals surface area contributed by atoms with Crippen LogP contribution < -0.4 is 4.74 Å². The molecule has 0 aliphatic rings. The maximum atomic E-state index is 5.32. The van der Waals surface area contributed by atoms with Crippen LogP contribution in [0.5, 0.6) is 5.75 Å². The van der Waals surface area contributed by atoms with Gasteiger partial charge in [0.25, 0.3) is 0 Å². The highest BCUT2D eigenvalue weighted by atomic mass is 32.2. The van der Waals surface area contributed by atoms with Crippen LogP contribution in [0.2, 0.25) is 0 Å². The van der Waals surface area contributed by atoms with Crippen LogP contribution >= 0.6 is 23.5 Å². The number of thioether (sulfide) groups is 2. The zero-order chi connectivity index (χ0) is 8.97. The third kappa shape index (κ3) is 1.90. The number of benzene rings is 1. The first-order valence-electron chi connectivity index (χ1n) is 3.58. The van der Waals surface area contributed by atoms with Gasteiger partial charge in [-0.2, -0.15) is 0 Å². The molecule has 3 heteroatoms. The molecule has 1 aromatic carbocycles. The minimum absolute atomic E-state index is 0.998. The summed E-state index contributed by atoms with van der Waals surface area (Å²) in [4.78, 5) is 2.40. The van der Waals surface area contributed by atoms with Gasteiger partial charge in [-0.1, -0.05) is 6.07 Å². The highest BCUT2D eigenvalue weighted by molar-refractivity contribution is 7.99. The molecule has 12 heavy (non-hydrogen) atoms. The highest BCUT2D eigenvalue weighted by Gasteiger charge is 2.05. The number of para-hydroxylation sites is 1. The summed E-state index contributed by atoms with van der Waals surface area (Å²) >= 11 is 3.42. The predicted octanol–water partition coefficient (Wildman–Crippen LogP) is 3.14. The van der Waals surface area contributed by atoms with Crippen molar-refractivity contribution in [3.05, 3.63) is 18.2 Å². The summed E-state index contributed by atoms with van der Waals surface area (Å²) in [6, 6.07) is 6.20. The maximum absolute atomic E-state index is 5.32. The van der Waals surface area contributed by atoms with Gasteiger partial charge in [0.15, 0.2) is 0 Å². The SMILES string of the molecule is COc1c(SC)cccc1SC. The van der Waals surface area contributed by atoms with Gasteiger partial charge in [0.2, 0.25) is 0 Å². The van der Waals surface area contributed by atoms with E-state index in [2.05, 4.69) is 30.7 Å². The summed E-state index contributed by atoms with van der Waals surface area (Å²) in [5.41, 5.74) is 0. The smallest absolute Gasteiger partial charge is 0.145 e. The molecular formula is C9H12OS2. The summed E-state index contributed by atoms with van der Waals surface area (Å²) < 4.78 is 5.32. The summed E-state index contributed by atoms with van der Waals surface area (Å²) in [5, 5.41) is 0. The quantitative estimate of drug-likeness (QED) is 0.694. The normalized spacial score (nSPS) is 9.92. The third-order valence-corrected chi connectivity index (χ3v) is 3.11. The largest absolute Gasteiger partial charge is 0.494 e. The third-order valence-electron chi connectivity index (χ3n) is 1.59. The van der Waals surface area contributed by atoms with Crippen LogP contribution in [-0.2, 0) is 0 Å². The standard InChI is InChI=1S/C9H12OS2/c1-10-9-7(11-2)5-4-6-8(9)12-3/h4-6H,1-3H3. The van der Waals surface area contributed by atoms with Crippen LogP contribution in [0, 0.1) is 0 Å². The molecule has 0 saturated carbocycles. The summed E-state index contributed by atoms with van der Waals surface area (Å²) in [7, 11) is 1.72. The zero-order valence-electron chi connectivity index (χ0n) is 7.46. The molecule has 0 saturated heterocycles. The van der Waals surface area contributed by atoms with E-state index in [9.17, 15) is 0 Å². The van der Waals surface area contributed by atoms with Crippen molar-refractivity contribution in [1.29, 1.82) is 0 Å². The van der Waals surface area contributed by atoms with Gasteiger partial charge in [-0.15, -0.1) is 23.5 Å². The van der Waals surface area contributed by atoms with Gasteiger partial charge >= 0.3 is 0 Å². The van der Waals surface area contributed by atoms with Crippen molar-refractivity contribution in [2.24, 2.45) is 0 Å². The maximum Gasteiger partial charge on any atom is 0.145 e. The van der Waals surface area contributed by atoms with E-state index in [0.717, 1.165) is 5.75 Å². The van der Waals surface area contributed by atoms with Crippen LogP contribution in [-0.4, -0.2) is 19.6 Å². The Hall–Kier alpha value is -0.280. The van der Waals surface area contributed by atoms with Gasteiger partial charge in [0.05, 0.1) is 16.9 Å². The molecule has 0 atom stereocenters. The number of ether oxygens (including phenoxy) is 1. The number of rotatable bonds is 3. The van der Waals surface area contributed by atoms with Gasteiger partial charge < -0.3 is 4.74 Å². The van der Waals surface area contributed by atoms with E-state index < -0.39 is 0 Å². The van der Waals surface area contributed by atoms with Crippen molar-refractivity contribution < 1.29 is 4.74 Å². The lowest BCUT2D eigenvalue weighted by atomic mass is 10.3. The van der Waals surface area contributed by atoms with Crippen molar-refractivity contribution >= 4 is 23.5 Å². The van der Waals surface area contributed by atoms with Crippen molar-refractivity contribution in [3.8, 4) is 5.75 Å². The molecule has 0 aliphatic heterocycles. The summed E-state index contributed by atoms with van der Waals surface area (Å²) in [6.45, 7) is 0. The average molecular weight is 200 g/mol. The van der Waals surface area contributed by atoms with Crippen molar-refractivity contribution in [2.45, 2.75) is 9.79 Å². The van der Waals surface area contributed by atoms with Crippen LogP contribution in [0.1, 0.15) is 0 Å². The molecule has 0 N–H and O–H groups in total. The fraction of sp³-hybridized carbons (Fsp3) is 0.333. The molecule has 1 aromatic rings. The number of methoxy groups -OCH3 is 1. The Bertz CT molecular complexity index is 238. The second kappa shape index (κ2) is 4.67. The first-order valence-corrected chi connectivity index (χ1v) is 6.03.